The van der Waals surface area contributed by atoms with E-state index in [1.165, 1.54) is 30.4 Å². The highest BCUT2D eigenvalue weighted by Gasteiger charge is 2.25. The number of benzene rings is 1. The van der Waals surface area contributed by atoms with Crippen molar-refractivity contribution in [1.29, 1.82) is 0 Å². The maximum absolute atomic E-state index is 13.4. The number of nitrogens with zero attached hydrogens (tertiary/aromatic N) is 2. The Hall–Kier alpha value is -2.58. The van der Waals surface area contributed by atoms with Gasteiger partial charge in [0.15, 0.2) is 11.4 Å². The van der Waals surface area contributed by atoms with Crippen LogP contribution in [-0.2, 0) is 11.3 Å². The monoisotopic (exact) mass is 457 g/mol. The Bertz CT molecular complexity index is 1090. The highest BCUT2D eigenvalue weighted by atomic mass is 32.1. The van der Waals surface area contributed by atoms with Crippen LogP contribution < -0.4 is 5.32 Å². The molecule has 1 fully saturated rings. The number of rotatable bonds is 9. The molecule has 1 amide bonds. The van der Waals surface area contributed by atoms with Gasteiger partial charge in [0, 0.05) is 35.6 Å². The van der Waals surface area contributed by atoms with Gasteiger partial charge in [-0.05, 0) is 69.6 Å². The van der Waals surface area contributed by atoms with Gasteiger partial charge in [-0.25, -0.2) is 4.39 Å². The van der Waals surface area contributed by atoms with Crippen molar-refractivity contribution in [1.82, 2.24) is 15.4 Å². The van der Waals surface area contributed by atoms with Crippen molar-refractivity contribution in [2.75, 3.05) is 19.6 Å². The number of piperidine rings is 1. The van der Waals surface area contributed by atoms with Crippen molar-refractivity contribution in [3.63, 3.8) is 0 Å². The molecule has 3 heterocycles. The zero-order valence-electron chi connectivity index (χ0n) is 18.2. The maximum atomic E-state index is 13.4. The highest BCUT2D eigenvalue weighted by Crippen LogP contribution is 2.32. The Kier molecular flexibility index (Phi) is 7.32. The first-order valence-electron chi connectivity index (χ1n) is 11.1. The second-order valence-corrected chi connectivity index (χ2v) is 9.55. The molecular formula is C24H28FN3O3S. The van der Waals surface area contributed by atoms with Gasteiger partial charge in [-0.3, -0.25) is 9.59 Å². The molecule has 1 aliphatic rings. The van der Waals surface area contributed by atoms with Crippen molar-refractivity contribution in [3.8, 4) is 0 Å². The third kappa shape index (κ3) is 5.61. The molecule has 2 aromatic heterocycles. The van der Waals surface area contributed by atoms with E-state index in [-0.39, 0.29) is 17.5 Å². The minimum Gasteiger partial charge on any atom is -0.356 e. The third-order valence-corrected chi connectivity index (χ3v) is 7.14. The summed E-state index contributed by atoms with van der Waals surface area (Å²) >= 11 is 1.46. The number of Topliss-reactive ketones (excluding diaryl/α,β-unsaturated/α-hetero) is 1. The van der Waals surface area contributed by atoms with Crippen molar-refractivity contribution >= 4 is 34.0 Å². The number of hydrogen-bond donors (Lipinski definition) is 1. The maximum Gasteiger partial charge on any atom is 0.217 e. The third-order valence-electron chi connectivity index (χ3n) is 6.01. The summed E-state index contributed by atoms with van der Waals surface area (Å²) in [7, 11) is 0. The number of unbranched alkanes of at least 4 members (excludes halogenated alkanes) is 1. The fourth-order valence-electron chi connectivity index (χ4n) is 4.23. The number of fused-ring (bicyclic) bond motifs is 1. The number of amides is 1. The van der Waals surface area contributed by atoms with E-state index in [1.807, 2.05) is 12.1 Å². The molecule has 0 unspecified atom stereocenters. The van der Waals surface area contributed by atoms with Crippen LogP contribution in [0, 0.1) is 5.82 Å². The van der Waals surface area contributed by atoms with Crippen LogP contribution in [0.2, 0.25) is 0 Å². The van der Waals surface area contributed by atoms with Gasteiger partial charge in [-0.1, -0.05) is 5.16 Å². The minimum absolute atomic E-state index is 0.0694. The summed E-state index contributed by atoms with van der Waals surface area (Å²) in [5.41, 5.74) is 1.46. The quantitative estimate of drug-likeness (QED) is 0.365. The Morgan fingerprint density at radius 2 is 2.03 bits per heavy atom. The summed E-state index contributed by atoms with van der Waals surface area (Å²) in [6.45, 7) is 4.94. The number of carbonyl (C=O) groups excluding carboxylic acids is 2. The topological polar surface area (TPSA) is 75.4 Å². The summed E-state index contributed by atoms with van der Waals surface area (Å²) in [4.78, 5) is 27.6. The van der Waals surface area contributed by atoms with Crippen LogP contribution in [0.15, 0.2) is 34.9 Å². The predicted octanol–water partition coefficient (Wildman–Crippen LogP) is 4.90. The zero-order chi connectivity index (χ0) is 22.5. The van der Waals surface area contributed by atoms with Crippen molar-refractivity contribution in [2.45, 2.75) is 51.5 Å². The van der Waals surface area contributed by atoms with E-state index in [2.05, 4.69) is 15.4 Å². The predicted molar refractivity (Wildman–Crippen MR) is 122 cm³/mol. The lowest BCUT2D eigenvalue weighted by molar-refractivity contribution is -0.119. The number of aromatic nitrogens is 1. The fourth-order valence-corrected chi connectivity index (χ4v) is 5.15. The first kappa shape index (κ1) is 22.6. The van der Waals surface area contributed by atoms with Gasteiger partial charge in [0.2, 0.25) is 5.91 Å². The Balaban J connectivity index is 1.17. The number of hydrogen-bond acceptors (Lipinski definition) is 6. The first-order valence-corrected chi connectivity index (χ1v) is 11.9. The fraction of sp³-hybridized carbons (Fsp3) is 0.458. The molecule has 4 rings (SSSR count). The van der Waals surface area contributed by atoms with Crippen LogP contribution in [0.25, 0.3) is 11.0 Å². The molecule has 0 aliphatic carbocycles. The molecule has 0 spiro atoms. The Morgan fingerprint density at radius 3 is 2.81 bits per heavy atom. The van der Waals surface area contributed by atoms with E-state index in [0.29, 0.717) is 24.5 Å². The number of thiophene rings is 1. The smallest absolute Gasteiger partial charge is 0.217 e. The molecule has 6 nitrogen and oxygen atoms in total. The molecule has 0 atom stereocenters. The molecule has 0 saturated carbocycles. The van der Waals surface area contributed by atoms with E-state index in [0.717, 1.165) is 66.2 Å². The molecule has 1 N–H and O–H groups in total. The lowest BCUT2D eigenvalue weighted by Gasteiger charge is -2.31. The normalized spacial score (nSPS) is 15.3. The van der Waals surface area contributed by atoms with Crippen molar-refractivity contribution in [2.24, 2.45) is 0 Å². The first-order chi connectivity index (χ1) is 15.5. The lowest BCUT2D eigenvalue weighted by Crippen LogP contribution is -2.33. The molecule has 1 aliphatic heterocycles. The van der Waals surface area contributed by atoms with Gasteiger partial charge >= 0.3 is 0 Å². The standard InChI is InChI=1S/C24H28FN3O3S/c1-16(29)26-15-19-6-8-23(32-19)21(30)4-2-3-11-28-12-9-17(10-13-28)24-20-7-5-18(25)14-22(20)31-27-24/h5-8,14,17H,2-4,9-13,15H2,1H3,(H,26,29). The van der Waals surface area contributed by atoms with Gasteiger partial charge in [0.1, 0.15) is 5.82 Å². The molecule has 8 heteroatoms. The number of halogens is 1. The summed E-state index contributed by atoms with van der Waals surface area (Å²) < 4.78 is 18.7. The van der Waals surface area contributed by atoms with E-state index >= 15 is 0 Å². The Morgan fingerprint density at radius 1 is 1.22 bits per heavy atom. The van der Waals surface area contributed by atoms with Crippen LogP contribution in [0.3, 0.4) is 0 Å². The highest BCUT2D eigenvalue weighted by molar-refractivity contribution is 7.14. The summed E-state index contributed by atoms with van der Waals surface area (Å²) in [5, 5.41) is 7.88. The zero-order valence-corrected chi connectivity index (χ0v) is 19.0. The van der Waals surface area contributed by atoms with Crippen LogP contribution in [0.1, 0.15) is 65.2 Å². The molecule has 0 bridgehead atoms. The summed E-state index contributed by atoms with van der Waals surface area (Å²) in [6.07, 6.45) is 4.43. The van der Waals surface area contributed by atoms with Crippen molar-refractivity contribution < 1.29 is 18.5 Å². The van der Waals surface area contributed by atoms with Gasteiger partial charge in [-0.2, -0.15) is 0 Å². The molecular weight excluding hydrogens is 429 g/mol. The van der Waals surface area contributed by atoms with Crippen LogP contribution in [0.4, 0.5) is 4.39 Å². The van der Waals surface area contributed by atoms with E-state index in [4.69, 9.17) is 4.52 Å². The van der Waals surface area contributed by atoms with Gasteiger partial charge in [-0.15, -0.1) is 11.3 Å². The van der Waals surface area contributed by atoms with Gasteiger partial charge in [0.05, 0.1) is 17.1 Å². The van der Waals surface area contributed by atoms with Gasteiger partial charge < -0.3 is 14.7 Å². The minimum atomic E-state index is -0.307. The molecule has 1 aromatic carbocycles. The van der Waals surface area contributed by atoms with E-state index < -0.39 is 0 Å². The summed E-state index contributed by atoms with van der Waals surface area (Å²) in [6, 6.07) is 8.38. The lowest BCUT2D eigenvalue weighted by atomic mass is 9.91. The van der Waals surface area contributed by atoms with Crippen LogP contribution >= 0.6 is 11.3 Å². The number of carbonyl (C=O) groups is 2. The number of ketones is 1. The second-order valence-electron chi connectivity index (χ2n) is 8.38. The Labute approximate surface area is 190 Å². The number of likely N-dealkylation sites (tertiary alicyclic amines) is 1. The van der Waals surface area contributed by atoms with Crippen molar-refractivity contribution in [3.05, 3.63) is 51.6 Å². The average Bonchev–Trinajstić information content (AvgIpc) is 3.42. The largest absolute Gasteiger partial charge is 0.356 e. The van der Waals surface area contributed by atoms with Gasteiger partial charge in [0.25, 0.3) is 0 Å². The summed E-state index contributed by atoms with van der Waals surface area (Å²) in [5.74, 6) is 0.139. The second kappa shape index (κ2) is 10.4. The molecule has 1 saturated heterocycles. The number of nitrogens with one attached hydrogen (secondary N) is 1. The SMILES string of the molecule is CC(=O)NCc1ccc(C(=O)CCCCN2CCC(c3noc4cc(F)ccc34)CC2)s1. The van der Waals surface area contributed by atoms with E-state index in [9.17, 15) is 14.0 Å². The molecule has 3 aromatic rings. The van der Waals surface area contributed by atoms with Crippen LogP contribution in [-0.4, -0.2) is 41.4 Å². The van der Waals surface area contributed by atoms with Crippen LogP contribution in [0.5, 0.6) is 0 Å². The molecule has 0 radical (unpaired) electrons. The molecule has 170 valence electrons. The van der Waals surface area contributed by atoms with E-state index in [1.54, 1.807) is 6.07 Å². The molecule has 32 heavy (non-hydrogen) atoms. The average molecular weight is 458 g/mol.